The van der Waals surface area contributed by atoms with Crippen LogP contribution < -0.4 is 5.73 Å². The number of primary amides is 1. The first-order valence-electron chi connectivity index (χ1n) is 9.29. The summed E-state index contributed by atoms with van der Waals surface area (Å²) in [5, 5.41) is 22.7. The summed E-state index contributed by atoms with van der Waals surface area (Å²) in [4.78, 5) is 11.1. The molecule has 2 heterocycles. The Labute approximate surface area is 204 Å². The molecule has 7 nitrogen and oxygen atoms in total. The van der Waals surface area contributed by atoms with Crippen LogP contribution in [0, 0.1) is 34.6 Å². The molecule has 13 heteroatoms. The highest BCUT2D eigenvalue weighted by Gasteiger charge is 2.16. The molecule has 0 atom stereocenters. The summed E-state index contributed by atoms with van der Waals surface area (Å²) < 4.78 is 53.1. The highest BCUT2D eigenvalue weighted by atomic mass is 35.5. The summed E-state index contributed by atoms with van der Waals surface area (Å²) in [5.74, 6) is -4.95. The van der Waals surface area contributed by atoms with Crippen molar-refractivity contribution in [3.05, 3.63) is 93.2 Å². The lowest BCUT2D eigenvalue weighted by Gasteiger charge is -2.04. The minimum Gasteiger partial charge on any atom is -0.366 e. The molecule has 0 radical (unpaired) electrons. The Morgan fingerprint density at radius 3 is 1.77 bits per heavy atom. The summed E-state index contributed by atoms with van der Waals surface area (Å²) in [6, 6.07) is 11.5. The van der Waals surface area contributed by atoms with E-state index in [0.717, 1.165) is 18.2 Å². The van der Waals surface area contributed by atoms with Gasteiger partial charge < -0.3 is 5.73 Å². The fourth-order valence-electron chi connectivity index (χ4n) is 2.67. The minimum absolute atomic E-state index is 0.0230. The van der Waals surface area contributed by atoms with Crippen LogP contribution in [0.1, 0.15) is 15.9 Å². The van der Waals surface area contributed by atoms with E-state index < -0.39 is 29.2 Å². The highest BCUT2D eigenvalue weighted by Crippen LogP contribution is 2.25. The quantitative estimate of drug-likeness (QED) is 0.374. The molecule has 0 saturated carbocycles. The van der Waals surface area contributed by atoms with Crippen molar-refractivity contribution in [1.82, 2.24) is 20.4 Å². The van der Waals surface area contributed by atoms with Crippen LogP contribution in [0.4, 0.5) is 17.6 Å². The second-order valence-electron chi connectivity index (χ2n) is 6.55. The molecular weight excluding hydrogens is 511 g/mol. The number of carbonyl (C=O) groups is 1. The number of rotatable bonds is 3. The van der Waals surface area contributed by atoms with E-state index in [1.54, 1.807) is 6.07 Å². The Hall–Kier alpha value is -4.14. The predicted octanol–water partition coefficient (Wildman–Crippen LogP) is 5.12. The van der Waals surface area contributed by atoms with Crippen molar-refractivity contribution in [3.63, 3.8) is 0 Å². The second kappa shape index (κ2) is 10.9. The standard InChI is InChI=1S/C11H6ClF2N3O.C11H4ClF2N3/c12-10-6(11(15)18)4-8(16-17-10)5-2-1-3-7(13)9(5)14;12-11-6(5-15)4-9(16-17-11)7-2-1-3-8(13)10(7)14/h1-4H,(H2,15,18);1-4H. The van der Waals surface area contributed by atoms with Crippen LogP contribution in [0.3, 0.4) is 0 Å². The normalized spacial score (nSPS) is 10.2. The molecule has 0 aliphatic heterocycles. The van der Waals surface area contributed by atoms with Gasteiger partial charge >= 0.3 is 0 Å². The first-order valence-corrected chi connectivity index (χ1v) is 10.0. The zero-order chi connectivity index (χ0) is 25.7. The SMILES string of the molecule is N#Cc1cc(-c2cccc(F)c2F)nnc1Cl.NC(=O)c1cc(-c2cccc(F)c2F)nnc1Cl. The van der Waals surface area contributed by atoms with Gasteiger partial charge in [0.05, 0.1) is 22.5 Å². The smallest absolute Gasteiger partial charge is 0.251 e. The zero-order valence-electron chi connectivity index (χ0n) is 17.1. The highest BCUT2D eigenvalue weighted by molar-refractivity contribution is 6.32. The maximum Gasteiger partial charge on any atom is 0.251 e. The summed E-state index contributed by atoms with van der Waals surface area (Å²) in [5.41, 5.74) is 4.87. The van der Waals surface area contributed by atoms with Gasteiger partial charge in [-0.3, -0.25) is 4.79 Å². The zero-order valence-corrected chi connectivity index (χ0v) is 18.6. The van der Waals surface area contributed by atoms with Gasteiger partial charge in [-0.1, -0.05) is 35.3 Å². The number of nitrogens with two attached hydrogens (primary N) is 1. The molecular formula is C22H10Cl2F4N6O. The largest absolute Gasteiger partial charge is 0.366 e. The van der Waals surface area contributed by atoms with Gasteiger partial charge in [0.1, 0.15) is 6.07 Å². The number of halogens is 6. The van der Waals surface area contributed by atoms with Crippen molar-refractivity contribution in [2.24, 2.45) is 5.73 Å². The van der Waals surface area contributed by atoms with Gasteiger partial charge in [0.15, 0.2) is 33.6 Å². The van der Waals surface area contributed by atoms with Crippen molar-refractivity contribution in [3.8, 4) is 28.6 Å². The number of nitriles is 1. The van der Waals surface area contributed by atoms with Crippen LogP contribution in [0.15, 0.2) is 48.5 Å². The van der Waals surface area contributed by atoms with Crippen LogP contribution in [-0.4, -0.2) is 26.3 Å². The molecule has 0 saturated heterocycles. The van der Waals surface area contributed by atoms with Crippen LogP contribution in [0.2, 0.25) is 10.3 Å². The van der Waals surface area contributed by atoms with Crippen LogP contribution >= 0.6 is 23.2 Å². The van der Waals surface area contributed by atoms with E-state index in [-0.39, 0.29) is 43.9 Å². The molecule has 0 spiro atoms. The molecule has 2 aromatic heterocycles. The van der Waals surface area contributed by atoms with E-state index >= 15 is 0 Å². The molecule has 0 unspecified atom stereocenters. The molecule has 35 heavy (non-hydrogen) atoms. The Kier molecular flexibility index (Phi) is 7.91. The van der Waals surface area contributed by atoms with Crippen LogP contribution in [0.25, 0.3) is 22.5 Å². The second-order valence-corrected chi connectivity index (χ2v) is 7.26. The first-order chi connectivity index (χ1) is 16.6. The van der Waals surface area contributed by atoms with Crippen molar-refractivity contribution in [1.29, 1.82) is 5.26 Å². The fourth-order valence-corrected chi connectivity index (χ4v) is 2.99. The van der Waals surface area contributed by atoms with E-state index in [1.807, 2.05) is 0 Å². The van der Waals surface area contributed by atoms with Gasteiger partial charge in [0.25, 0.3) is 5.91 Å². The number of hydrogen-bond donors (Lipinski definition) is 1. The number of aromatic nitrogens is 4. The Balaban J connectivity index is 0.000000196. The van der Waals surface area contributed by atoms with Crippen molar-refractivity contribution >= 4 is 29.1 Å². The summed E-state index contributed by atoms with van der Waals surface area (Å²) in [6.07, 6.45) is 0. The molecule has 0 bridgehead atoms. The van der Waals surface area contributed by atoms with E-state index in [2.05, 4.69) is 20.4 Å². The molecule has 2 aromatic carbocycles. The Morgan fingerprint density at radius 2 is 1.29 bits per heavy atom. The Morgan fingerprint density at radius 1 is 0.800 bits per heavy atom. The van der Waals surface area contributed by atoms with Crippen molar-refractivity contribution < 1.29 is 22.4 Å². The van der Waals surface area contributed by atoms with Gasteiger partial charge in [-0.05, 0) is 36.4 Å². The predicted molar refractivity (Wildman–Crippen MR) is 118 cm³/mol. The lowest BCUT2D eigenvalue weighted by Crippen LogP contribution is -2.13. The fraction of sp³-hybridized carbons (Fsp3) is 0. The maximum absolute atomic E-state index is 13.5. The van der Waals surface area contributed by atoms with Gasteiger partial charge in [0, 0.05) is 11.1 Å². The Bertz CT molecular complexity index is 1480. The molecule has 0 aliphatic carbocycles. The van der Waals surface area contributed by atoms with E-state index in [1.165, 1.54) is 30.3 Å². The van der Waals surface area contributed by atoms with Crippen molar-refractivity contribution in [2.75, 3.05) is 0 Å². The number of carbonyl (C=O) groups excluding carboxylic acids is 1. The van der Waals surface area contributed by atoms with Gasteiger partial charge in [-0.25, -0.2) is 17.6 Å². The summed E-state index contributed by atoms with van der Waals surface area (Å²) >= 11 is 11.2. The molecule has 0 aliphatic rings. The lowest BCUT2D eigenvalue weighted by atomic mass is 10.1. The molecule has 4 rings (SSSR count). The monoisotopic (exact) mass is 520 g/mol. The number of hydrogen-bond acceptors (Lipinski definition) is 6. The molecule has 4 aromatic rings. The van der Waals surface area contributed by atoms with E-state index in [9.17, 15) is 22.4 Å². The van der Waals surface area contributed by atoms with E-state index in [4.69, 9.17) is 34.2 Å². The number of nitrogens with zero attached hydrogens (tertiary/aromatic N) is 5. The maximum atomic E-state index is 13.5. The van der Waals surface area contributed by atoms with Gasteiger partial charge in [-0.15, -0.1) is 20.4 Å². The minimum atomic E-state index is -1.08. The van der Waals surface area contributed by atoms with Gasteiger partial charge in [0.2, 0.25) is 0 Å². The topological polar surface area (TPSA) is 118 Å². The summed E-state index contributed by atoms with van der Waals surface area (Å²) in [6.45, 7) is 0. The molecule has 0 fully saturated rings. The molecule has 1 amide bonds. The lowest BCUT2D eigenvalue weighted by molar-refractivity contribution is 0.1000. The van der Waals surface area contributed by atoms with Gasteiger partial charge in [-0.2, -0.15) is 5.26 Å². The number of benzene rings is 2. The van der Waals surface area contributed by atoms with Crippen molar-refractivity contribution in [2.45, 2.75) is 0 Å². The first kappa shape index (κ1) is 25.5. The molecule has 176 valence electrons. The van der Waals surface area contributed by atoms with E-state index in [0.29, 0.717) is 0 Å². The van der Waals surface area contributed by atoms with Crippen LogP contribution in [0.5, 0.6) is 0 Å². The third-order valence-corrected chi connectivity index (χ3v) is 4.90. The average molecular weight is 521 g/mol. The third-order valence-electron chi connectivity index (χ3n) is 4.34. The molecule has 2 N–H and O–H groups in total. The number of amides is 1. The third kappa shape index (κ3) is 5.68. The summed E-state index contributed by atoms with van der Waals surface area (Å²) in [7, 11) is 0. The average Bonchev–Trinajstić information content (AvgIpc) is 2.84. The van der Waals surface area contributed by atoms with Crippen LogP contribution in [-0.2, 0) is 0 Å².